The first-order valence-corrected chi connectivity index (χ1v) is 21.7. The molecular weight excluding hydrogens is 812 g/mol. The Balaban J connectivity index is 1.35. The number of rotatable bonds is 11. The monoisotopic (exact) mass is 865 g/mol. The van der Waals surface area contributed by atoms with E-state index in [1.54, 1.807) is 32.2 Å². The number of carbonyl (C=O) groups excluding carboxylic acids is 4. The first-order chi connectivity index (χ1) is 28.1. The number of hydrogen-bond donors (Lipinski definition) is 3. The SMILES string of the molecule is COCCOc1cnc(O[C@@H]2C[C@H]3C(=O)N[C@]4(C(=O)NS(=O)(=O)C5(C)CC5)C[C@H]4/C=C\CC[C@H](C)C[C@@H](C)[C@H](NC(=O)OC(C)(C)C(F)(F)F)C(=O)N3C2)c2ccccc12. The van der Waals surface area contributed by atoms with Crippen LogP contribution in [0.5, 0.6) is 11.6 Å². The van der Waals surface area contributed by atoms with Crippen molar-refractivity contribution in [3.63, 3.8) is 0 Å². The van der Waals surface area contributed by atoms with Crippen molar-refractivity contribution >= 4 is 44.6 Å². The Hall–Kier alpha value is -4.65. The van der Waals surface area contributed by atoms with Crippen LogP contribution in [0.25, 0.3) is 10.8 Å². The van der Waals surface area contributed by atoms with Gasteiger partial charge in [-0.3, -0.25) is 19.1 Å². The van der Waals surface area contributed by atoms with E-state index in [0.29, 0.717) is 69.1 Å². The molecule has 2 saturated carbocycles. The summed E-state index contributed by atoms with van der Waals surface area (Å²) in [6.45, 7) is 6.91. The molecule has 1 aromatic carbocycles. The molecule has 4 aliphatic rings. The number of carbonyl (C=O) groups is 4. The maximum atomic E-state index is 14.8. The summed E-state index contributed by atoms with van der Waals surface area (Å²) in [5.41, 5.74) is -4.54. The molecule has 2 aliphatic carbocycles. The van der Waals surface area contributed by atoms with Crippen molar-refractivity contribution in [2.75, 3.05) is 26.9 Å². The minimum absolute atomic E-state index is 0.0442. The van der Waals surface area contributed by atoms with Gasteiger partial charge < -0.3 is 34.5 Å². The lowest BCUT2D eigenvalue weighted by molar-refractivity contribution is -0.244. The van der Waals surface area contributed by atoms with Gasteiger partial charge in [0.05, 0.1) is 24.1 Å². The van der Waals surface area contributed by atoms with E-state index in [4.69, 9.17) is 18.9 Å². The van der Waals surface area contributed by atoms with Crippen LogP contribution in [0, 0.1) is 17.8 Å². The van der Waals surface area contributed by atoms with E-state index < -0.39 is 85.9 Å². The van der Waals surface area contributed by atoms with Crippen molar-refractivity contribution in [2.45, 2.75) is 120 Å². The highest BCUT2D eigenvalue weighted by molar-refractivity contribution is 7.91. The first-order valence-electron chi connectivity index (χ1n) is 20.2. The molecule has 0 bridgehead atoms. The number of methoxy groups -OCH3 is 1. The predicted octanol–water partition coefficient (Wildman–Crippen LogP) is 4.93. The molecule has 3 fully saturated rings. The van der Waals surface area contributed by atoms with Gasteiger partial charge in [-0.1, -0.05) is 44.2 Å². The lowest BCUT2D eigenvalue weighted by Gasteiger charge is -2.34. The predicted molar refractivity (Wildman–Crippen MR) is 212 cm³/mol. The van der Waals surface area contributed by atoms with E-state index in [-0.39, 0.29) is 37.8 Å². The Morgan fingerprint density at radius 1 is 1.07 bits per heavy atom. The Kier molecular flexibility index (Phi) is 12.7. The van der Waals surface area contributed by atoms with Gasteiger partial charge in [-0.05, 0) is 77.2 Å². The summed E-state index contributed by atoms with van der Waals surface area (Å²) in [7, 11) is -2.54. The molecule has 1 saturated heterocycles. The number of nitrogens with one attached hydrogen (secondary N) is 3. The summed E-state index contributed by atoms with van der Waals surface area (Å²) >= 11 is 0. The molecule has 3 heterocycles. The largest absolute Gasteiger partial charge is 0.489 e. The van der Waals surface area contributed by atoms with E-state index in [2.05, 4.69) is 20.3 Å². The van der Waals surface area contributed by atoms with Crippen molar-refractivity contribution in [2.24, 2.45) is 17.8 Å². The molecule has 2 aliphatic heterocycles. The summed E-state index contributed by atoms with van der Waals surface area (Å²) < 4.78 is 91.0. The molecule has 3 N–H and O–H groups in total. The van der Waals surface area contributed by atoms with Gasteiger partial charge >= 0.3 is 12.3 Å². The molecule has 2 aromatic rings. The summed E-state index contributed by atoms with van der Waals surface area (Å²) in [6, 6.07) is 4.38. The number of alkyl carbamates (subject to hydrolysis) is 1. The lowest BCUT2D eigenvalue weighted by atomic mass is 9.88. The molecule has 7 atom stereocenters. The van der Waals surface area contributed by atoms with Crippen LogP contribution in [0.1, 0.15) is 79.6 Å². The number of allylic oxidation sites excluding steroid dienone is 1. The van der Waals surface area contributed by atoms with Crippen LogP contribution >= 0.6 is 0 Å². The fourth-order valence-corrected chi connectivity index (χ4v) is 9.10. The molecule has 330 valence electrons. The highest BCUT2D eigenvalue weighted by Gasteiger charge is 2.63. The average molecular weight is 866 g/mol. The number of pyridine rings is 1. The summed E-state index contributed by atoms with van der Waals surface area (Å²) in [6.07, 6.45) is 0.0669. The summed E-state index contributed by atoms with van der Waals surface area (Å²) in [5.74, 6) is -3.08. The molecular formula is C41H54F3N5O10S. The normalized spacial score (nSPS) is 28.9. The molecule has 60 heavy (non-hydrogen) atoms. The number of alkyl halides is 3. The molecule has 19 heteroatoms. The number of benzene rings is 1. The second-order valence-corrected chi connectivity index (χ2v) is 19.5. The van der Waals surface area contributed by atoms with Gasteiger partial charge in [0.15, 0.2) is 0 Å². The van der Waals surface area contributed by atoms with Crippen molar-refractivity contribution in [1.82, 2.24) is 25.2 Å². The first kappa shape index (κ1) is 44.9. The molecule has 15 nitrogen and oxygen atoms in total. The minimum atomic E-state index is -4.92. The van der Waals surface area contributed by atoms with Gasteiger partial charge in [0.2, 0.25) is 33.3 Å². The quantitative estimate of drug-likeness (QED) is 0.205. The molecule has 0 radical (unpaired) electrons. The lowest BCUT2D eigenvalue weighted by Crippen LogP contribution is -2.59. The van der Waals surface area contributed by atoms with Crippen LogP contribution in [0.4, 0.5) is 18.0 Å². The van der Waals surface area contributed by atoms with Crippen molar-refractivity contribution in [3.8, 4) is 11.6 Å². The maximum Gasteiger partial charge on any atom is 0.427 e. The van der Waals surface area contributed by atoms with Crippen LogP contribution in [0.3, 0.4) is 0 Å². The summed E-state index contributed by atoms with van der Waals surface area (Å²) in [4.78, 5) is 62.1. The van der Waals surface area contributed by atoms with Crippen LogP contribution in [-0.4, -0.2) is 109 Å². The fourth-order valence-electron chi connectivity index (χ4n) is 7.79. The number of sulfonamides is 1. The van der Waals surface area contributed by atoms with Gasteiger partial charge in [0.1, 0.15) is 36.1 Å². The van der Waals surface area contributed by atoms with E-state index in [0.717, 1.165) is 0 Å². The van der Waals surface area contributed by atoms with E-state index in [1.807, 2.05) is 25.1 Å². The zero-order valence-electron chi connectivity index (χ0n) is 34.6. The second-order valence-electron chi connectivity index (χ2n) is 17.3. The molecule has 4 amide bonds. The third-order valence-corrected chi connectivity index (χ3v) is 14.3. The van der Waals surface area contributed by atoms with Crippen LogP contribution < -0.4 is 24.8 Å². The zero-order valence-corrected chi connectivity index (χ0v) is 35.4. The molecule has 1 aromatic heterocycles. The van der Waals surface area contributed by atoms with Crippen molar-refractivity contribution in [1.29, 1.82) is 0 Å². The number of aromatic nitrogens is 1. The van der Waals surface area contributed by atoms with Crippen molar-refractivity contribution in [3.05, 3.63) is 42.6 Å². The smallest absolute Gasteiger partial charge is 0.427 e. The van der Waals surface area contributed by atoms with Crippen molar-refractivity contribution < 1.29 is 59.7 Å². The second kappa shape index (κ2) is 17.0. The Morgan fingerprint density at radius 3 is 2.43 bits per heavy atom. The molecule has 0 unspecified atom stereocenters. The van der Waals surface area contributed by atoms with Crippen LogP contribution in [0.15, 0.2) is 42.6 Å². The topological polar surface area (TPSA) is 192 Å². The summed E-state index contributed by atoms with van der Waals surface area (Å²) in [5, 5.41) is 6.42. The van der Waals surface area contributed by atoms with Gasteiger partial charge in [0, 0.05) is 30.2 Å². The minimum Gasteiger partial charge on any atom is -0.489 e. The van der Waals surface area contributed by atoms with E-state index in [9.17, 15) is 40.8 Å². The Labute approximate surface area is 347 Å². The number of halogens is 3. The number of amides is 4. The fraction of sp³-hybridized carbons (Fsp3) is 0.634. The molecule has 6 rings (SSSR count). The highest BCUT2D eigenvalue weighted by Crippen LogP contribution is 2.48. The Morgan fingerprint density at radius 2 is 1.77 bits per heavy atom. The standard InChI is InChI=1S/C41H54F3N5O10S/c1-24-11-7-8-12-26-21-40(26,36(52)48-60(54,55)39(5)15-16-39)47-33(50)30-20-27(58-34-29-14-10-9-13-28(29)31(22-45-34)57-18-17-56-6)23-49(30)35(51)32(25(2)19-24)46-37(53)59-38(3,4)41(42,43)44/h8-10,12-14,22,24-27,30,32H,7,11,15-21,23H2,1-6H3,(H,46,53)(H,47,50)(H,48,52)/b12-8-/t24-,25+,26+,27+,30-,32-,40+/m0/s1. The molecule has 0 spiro atoms. The third kappa shape index (κ3) is 9.46. The van der Waals surface area contributed by atoms with Crippen LogP contribution in [0.2, 0.25) is 0 Å². The van der Waals surface area contributed by atoms with E-state index in [1.165, 1.54) is 18.0 Å². The number of hydrogen-bond acceptors (Lipinski definition) is 11. The van der Waals surface area contributed by atoms with Gasteiger partial charge in [-0.15, -0.1) is 0 Å². The van der Waals surface area contributed by atoms with Gasteiger partial charge in [-0.2, -0.15) is 13.2 Å². The van der Waals surface area contributed by atoms with Crippen LogP contribution in [-0.2, 0) is 33.9 Å². The Bertz CT molecular complexity index is 2110. The highest BCUT2D eigenvalue weighted by atomic mass is 32.2. The van der Waals surface area contributed by atoms with Gasteiger partial charge in [-0.25, -0.2) is 18.2 Å². The number of fused-ring (bicyclic) bond motifs is 3. The van der Waals surface area contributed by atoms with Gasteiger partial charge in [0.25, 0.3) is 5.91 Å². The van der Waals surface area contributed by atoms with E-state index >= 15 is 0 Å². The number of ether oxygens (including phenoxy) is 4. The average Bonchev–Trinajstić information content (AvgIpc) is 4.05. The maximum absolute atomic E-state index is 14.8. The zero-order chi connectivity index (χ0) is 43.8. The number of nitrogens with zero attached hydrogens (tertiary/aromatic N) is 2. The third-order valence-electron chi connectivity index (χ3n) is 12.1.